The maximum Gasteiger partial charge on any atom is 0.320 e. The van der Waals surface area contributed by atoms with Gasteiger partial charge in [0.15, 0.2) is 0 Å². The highest BCUT2D eigenvalue weighted by Gasteiger charge is 2.15. The minimum Gasteiger partial charge on any atom is -0.459 e. The van der Waals surface area contributed by atoms with Gasteiger partial charge in [-0.25, -0.2) is 0 Å². The monoisotopic (exact) mass is 216 g/mol. The molecule has 0 rings (SSSR count). The summed E-state index contributed by atoms with van der Waals surface area (Å²) in [5.74, 6) is -0.355. The van der Waals surface area contributed by atoms with Gasteiger partial charge in [-0.1, -0.05) is 0 Å². The van der Waals surface area contributed by atoms with Gasteiger partial charge in [-0.3, -0.25) is 9.59 Å². The van der Waals surface area contributed by atoms with E-state index in [9.17, 15) is 9.59 Å². The second-order valence-electron chi connectivity index (χ2n) is 4.19. The largest absolute Gasteiger partial charge is 0.459 e. The van der Waals surface area contributed by atoms with Crippen LogP contribution in [0.5, 0.6) is 0 Å². The Bertz CT molecular complexity index is 221. The number of amides is 1. The van der Waals surface area contributed by atoms with E-state index in [1.165, 1.54) is 0 Å². The van der Waals surface area contributed by atoms with Crippen LogP contribution in [-0.4, -0.2) is 37.6 Å². The van der Waals surface area contributed by atoms with Crippen molar-refractivity contribution in [2.24, 2.45) is 0 Å². The lowest BCUT2D eigenvalue weighted by Gasteiger charge is -2.19. The van der Waals surface area contributed by atoms with Crippen LogP contribution in [0.3, 0.4) is 0 Å². The standard InChI is InChI=1S/C10H20N2O3/c1-10(2,3)15-9(14)7-12-6-5-8(13)11-4/h12H,5-7H2,1-4H3,(H,11,13). The van der Waals surface area contributed by atoms with Gasteiger partial charge in [0.25, 0.3) is 0 Å². The van der Waals surface area contributed by atoms with Crippen molar-refractivity contribution in [1.29, 1.82) is 0 Å². The molecule has 2 N–H and O–H groups in total. The van der Waals surface area contributed by atoms with E-state index in [1.807, 2.05) is 20.8 Å². The van der Waals surface area contributed by atoms with Gasteiger partial charge in [-0.05, 0) is 20.8 Å². The van der Waals surface area contributed by atoms with Crippen molar-refractivity contribution in [3.05, 3.63) is 0 Å². The Morgan fingerprint density at radius 1 is 1.27 bits per heavy atom. The van der Waals surface area contributed by atoms with E-state index >= 15 is 0 Å². The molecule has 0 unspecified atom stereocenters. The molecule has 0 aliphatic rings. The smallest absolute Gasteiger partial charge is 0.320 e. The fraction of sp³-hybridized carbons (Fsp3) is 0.800. The number of hydrogen-bond acceptors (Lipinski definition) is 4. The van der Waals surface area contributed by atoms with Crippen LogP contribution >= 0.6 is 0 Å². The summed E-state index contributed by atoms with van der Waals surface area (Å²) in [6.07, 6.45) is 0.360. The van der Waals surface area contributed by atoms with Crippen LogP contribution in [-0.2, 0) is 14.3 Å². The molecule has 88 valence electrons. The minimum atomic E-state index is -0.459. The molecule has 0 fully saturated rings. The molecule has 0 aliphatic carbocycles. The summed E-state index contributed by atoms with van der Waals surface area (Å²) in [5.41, 5.74) is -0.459. The number of ether oxygens (including phenoxy) is 1. The molecule has 0 radical (unpaired) electrons. The highest BCUT2D eigenvalue weighted by atomic mass is 16.6. The van der Waals surface area contributed by atoms with Crippen molar-refractivity contribution in [3.8, 4) is 0 Å². The SMILES string of the molecule is CNC(=O)CCNCC(=O)OC(C)(C)C. The third-order valence-corrected chi connectivity index (χ3v) is 1.50. The number of carbonyl (C=O) groups excluding carboxylic acids is 2. The van der Waals surface area contributed by atoms with Crippen molar-refractivity contribution in [1.82, 2.24) is 10.6 Å². The van der Waals surface area contributed by atoms with E-state index in [-0.39, 0.29) is 18.4 Å². The average Bonchev–Trinajstić information content (AvgIpc) is 2.09. The Morgan fingerprint density at radius 2 is 1.87 bits per heavy atom. The molecule has 0 heterocycles. The van der Waals surface area contributed by atoms with E-state index in [2.05, 4.69) is 10.6 Å². The molecule has 0 saturated carbocycles. The summed E-state index contributed by atoms with van der Waals surface area (Å²) in [6.45, 7) is 6.05. The van der Waals surface area contributed by atoms with E-state index in [1.54, 1.807) is 7.05 Å². The summed E-state index contributed by atoms with van der Waals surface area (Å²) in [4.78, 5) is 22.0. The zero-order valence-corrected chi connectivity index (χ0v) is 9.85. The second-order valence-corrected chi connectivity index (χ2v) is 4.19. The van der Waals surface area contributed by atoms with Gasteiger partial charge in [0.05, 0.1) is 6.54 Å². The maximum absolute atomic E-state index is 11.2. The lowest BCUT2D eigenvalue weighted by atomic mass is 10.2. The Balaban J connectivity index is 3.52. The lowest BCUT2D eigenvalue weighted by molar-refractivity contribution is -0.153. The van der Waals surface area contributed by atoms with Gasteiger partial charge in [0.2, 0.25) is 5.91 Å². The van der Waals surface area contributed by atoms with E-state index in [0.29, 0.717) is 13.0 Å². The van der Waals surface area contributed by atoms with Crippen molar-refractivity contribution in [2.45, 2.75) is 32.8 Å². The Hall–Kier alpha value is -1.10. The quantitative estimate of drug-likeness (QED) is 0.503. The zero-order valence-electron chi connectivity index (χ0n) is 9.85. The number of hydrogen-bond donors (Lipinski definition) is 2. The number of rotatable bonds is 5. The van der Waals surface area contributed by atoms with Crippen molar-refractivity contribution in [2.75, 3.05) is 20.1 Å². The first-order chi connectivity index (χ1) is 6.85. The third-order valence-electron chi connectivity index (χ3n) is 1.50. The summed E-state index contributed by atoms with van der Waals surface area (Å²) < 4.78 is 5.07. The van der Waals surface area contributed by atoms with Gasteiger partial charge >= 0.3 is 5.97 Å². The summed E-state index contributed by atoms with van der Waals surface area (Å²) in [7, 11) is 1.58. The summed E-state index contributed by atoms with van der Waals surface area (Å²) in [5, 5.41) is 5.33. The predicted molar refractivity (Wildman–Crippen MR) is 57.4 cm³/mol. The molecular weight excluding hydrogens is 196 g/mol. The average molecular weight is 216 g/mol. The van der Waals surface area contributed by atoms with Crippen LogP contribution in [0.15, 0.2) is 0 Å². The normalized spacial score (nSPS) is 10.9. The molecule has 0 aromatic heterocycles. The minimum absolute atomic E-state index is 0.0494. The Kier molecular flexibility index (Phi) is 5.93. The van der Waals surface area contributed by atoms with Crippen LogP contribution in [0.4, 0.5) is 0 Å². The van der Waals surface area contributed by atoms with Gasteiger partial charge in [-0.2, -0.15) is 0 Å². The van der Waals surface area contributed by atoms with E-state index < -0.39 is 5.60 Å². The van der Waals surface area contributed by atoms with Crippen LogP contribution in [0, 0.1) is 0 Å². The van der Waals surface area contributed by atoms with Crippen LogP contribution < -0.4 is 10.6 Å². The maximum atomic E-state index is 11.2. The lowest BCUT2D eigenvalue weighted by Crippen LogP contribution is -2.33. The molecule has 0 spiro atoms. The van der Waals surface area contributed by atoms with Gasteiger partial charge in [-0.15, -0.1) is 0 Å². The molecule has 1 amide bonds. The molecule has 0 aromatic carbocycles. The summed E-state index contributed by atoms with van der Waals surface area (Å²) in [6, 6.07) is 0. The van der Waals surface area contributed by atoms with E-state index in [0.717, 1.165) is 0 Å². The molecular formula is C10H20N2O3. The number of nitrogens with one attached hydrogen (secondary N) is 2. The zero-order chi connectivity index (χ0) is 11.9. The molecule has 15 heavy (non-hydrogen) atoms. The van der Waals surface area contributed by atoms with Gasteiger partial charge in [0.1, 0.15) is 5.60 Å². The molecule has 0 atom stereocenters. The molecule has 0 saturated heterocycles. The Labute approximate surface area is 90.6 Å². The van der Waals surface area contributed by atoms with E-state index in [4.69, 9.17) is 4.74 Å². The predicted octanol–water partition coefficient (Wildman–Crippen LogP) is 0.0538. The molecule has 0 aromatic rings. The van der Waals surface area contributed by atoms with Crippen molar-refractivity contribution in [3.63, 3.8) is 0 Å². The first kappa shape index (κ1) is 13.9. The topological polar surface area (TPSA) is 67.4 Å². The van der Waals surface area contributed by atoms with Crippen LogP contribution in [0.1, 0.15) is 27.2 Å². The van der Waals surface area contributed by atoms with Crippen molar-refractivity contribution < 1.29 is 14.3 Å². The van der Waals surface area contributed by atoms with Crippen molar-refractivity contribution >= 4 is 11.9 Å². The van der Waals surface area contributed by atoms with Crippen LogP contribution in [0.25, 0.3) is 0 Å². The second kappa shape index (κ2) is 6.40. The number of carbonyl (C=O) groups is 2. The van der Waals surface area contributed by atoms with Gasteiger partial charge < -0.3 is 15.4 Å². The fourth-order valence-electron chi connectivity index (χ4n) is 0.895. The molecule has 0 aliphatic heterocycles. The Morgan fingerprint density at radius 3 is 2.33 bits per heavy atom. The fourth-order valence-corrected chi connectivity index (χ4v) is 0.895. The highest BCUT2D eigenvalue weighted by Crippen LogP contribution is 2.05. The molecule has 5 nitrogen and oxygen atoms in total. The first-order valence-electron chi connectivity index (χ1n) is 4.98. The van der Waals surface area contributed by atoms with Gasteiger partial charge in [0, 0.05) is 20.0 Å². The first-order valence-corrected chi connectivity index (χ1v) is 4.98. The van der Waals surface area contributed by atoms with Crippen LogP contribution in [0.2, 0.25) is 0 Å². The molecule has 5 heteroatoms. The summed E-state index contributed by atoms with van der Waals surface area (Å²) >= 11 is 0. The molecule has 0 bridgehead atoms. The number of esters is 1. The third kappa shape index (κ3) is 9.21. The highest BCUT2D eigenvalue weighted by molar-refractivity contribution is 5.76.